The van der Waals surface area contributed by atoms with Crippen molar-refractivity contribution in [2.75, 3.05) is 0 Å². The third-order valence-electron chi connectivity index (χ3n) is 3.15. The van der Waals surface area contributed by atoms with Crippen LogP contribution in [-0.2, 0) is 9.53 Å². The number of aliphatic hydroxyl groups excluding tert-OH is 3. The molecular formula is C12H20O6. The van der Waals surface area contributed by atoms with Gasteiger partial charge in [-0.05, 0) is 12.8 Å². The van der Waals surface area contributed by atoms with Crippen molar-refractivity contribution in [2.24, 2.45) is 0 Å². The Morgan fingerprint density at radius 2 is 1.94 bits per heavy atom. The molecule has 0 aromatic carbocycles. The standard InChI is InChI=1S/C12H20O6/c1-3-5-7(13)12(17,6-4-2)10-8(14)9(15)11(16)18-10/h7,10,13-15,17H,3-6H2,1-2H3/t7?,10-,12-/m0/s1. The average molecular weight is 260 g/mol. The fraction of sp³-hybridized carbons (Fsp3) is 0.750. The SMILES string of the molecule is CCCC(O)[C@@](O)(CCC)[C@H]1OC(=O)C(O)=C1O. The van der Waals surface area contributed by atoms with Crippen LogP contribution in [0.1, 0.15) is 39.5 Å². The minimum Gasteiger partial charge on any atom is -0.505 e. The van der Waals surface area contributed by atoms with Crippen molar-refractivity contribution in [1.29, 1.82) is 0 Å². The molecule has 0 aliphatic carbocycles. The van der Waals surface area contributed by atoms with Gasteiger partial charge in [0.05, 0.1) is 6.10 Å². The van der Waals surface area contributed by atoms with Gasteiger partial charge < -0.3 is 25.2 Å². The highest BCUT2D eigenvalue weighted by atomic mass is 16.6. The van der Waals surface area contributed by atoms with E-state index >= 15 is 0 Å². The predicted molar refractivity (Wildman–Crippen MR) is 62.9 cm³/mol. The molecule has 0 fully saturated rings. The summed E-state index contributed by atoms with van der Waals surface area (Å²) in [4.78, 5) is 11.1. The average Bonchev–Trinajstić information content (AvgIpc) is 2.58. The molecule has 1 aliphatic heterocycles. The van der Waals surface area contributed by atoms with Crippen LogP contribution in [0.5, 0.6) is 0 Å². The van der Waals surface area contributed by atoms with Gasteiger partial charge in [-0.3, -0.25) is 0 Å². The van der Waals surface area contributed by atoms with Crippen LogP contribution in [-0.4, -0.2) is 44.2 Å². The second-order valence-electron chi connectivity index (χ2n) is 4.56. The van der Waals surface area contributed by atoms with Crippen molar-refractivity contribution in [3.05, 3.63) is 11.5 Å². The summed E-state index contributed by atoms with van der Waals surface area (Å²) in [5.74, 6) is -2.71. The van der Waals surface area contributed by atoms with E-state index in [4.69, 9.17) is 4.74 Å². The van der Waals surface area contributed by atoms with Gasteiger partial charge in [-0.1, -0.05) is 26.7 Å². The lowest BCUT2D eigenvalue weighted by Crippen LogP contribution is -2.53. The van der Waals surface area contributed by atoms with E-state index in [1.54, 1.807) is 6.92 Å². The van der Waals surface area contributed by atoms with E-state index in [0.717, 1.165) is 0 Å². The molecule has 4 N–H and O–H groups in total. The summed E-state index contributed by atoms with van der Waals surface area (Å²) in [5.41, 5.74) is -1.78. The van der Waals surface area contributed by atoms with Crippen LogP contribution in [0.2, 0.25) is 0 Å². The van der Waals surface area contributed by atoms with Gasteiger partial charge >= 0.3 is 5.97 Å². The number of aliphatic hydroxyl groups is 4. The zero-order valence-electron chi connectivity index (χ0n) is 10.6. The Balaban J connectivity index is 3.02. The van der Waals surface area contributed by atoms with E-state index in [9.17, 15) is 25.2 Å². The molecule has 0 bridgehead atoms. The minimum atomic E-state index is -1.78. The number of carbonyl (C=O) groups is 1. The summed E-state index contributed by atoms with van der Waals surface area (Å²) in [5, 5.41) is 39.3. The highest BCUT2D eigenvalue weighted by Crippen LogP contribution is 2.34. The first-order valence-electron chi connectivity index (χ1n) is 6.12. The second-order valence-corrected chi connectivity index (χ2v) is 4.56. The van der Waals surface area contributed by atoms with E-state index in [1.165, 1.54) is 0 Å². The van der Waals surface area contributed by atoms with Crippen molar-refractivity contribution in [3.63, 3.8) is 0 Å². The lowest BCUT2D eigenvalue weighted by atomic mass is 9.83. The Morgan fingerprint density at radius 1 is 1.33 bits per heavy atom. The molecule has 1 unspecified atom stereocenters. The molecule has 6 nitrogen and oxygen atoms in total. The van der Waals surface area contributed by atoms with Gasteiger partial charge in [0.2, 0.25) is 5.76 Å². The Kier molecular flexibility index (Phi) is 4.59. The number of carbonyl (C=O) groups excluding carboxylic acids is 1. The number of esters is 1. The summed E-state index contributed by atoms with van der Waals surface area (Å²) >= 11 is 0. The van der Waals surface area contributed by atoms with Crippen molar-refractivity contribution >= 4 is 5.97 Å². The van der Waals surface area contributed by atoms with Crippen LogP contribution in [0.3, 0.4) is 0 Å². The highest BCUT2D eigenvalue weighted by Gasteiger charge is 2.52. The van der Waals surface area contributed by atoms with Gasteiger partial charge in [-0.25, -0.2) is 4.79 Å². The van der Waals surface area contributed by atoms with Crippen LogP contribution < -0.4 is 0 Å². The Hall–Kier alpha value is -1.27. The smallest absolute Gasteiger partial charge is 0.378 e. The summed E-state index contributed by atoms with van der Waals surface area (Å²) < 4.78 is 4.75. The monoisotopic (exact) mass is 260 g/mol. The molecule has 0 amide bonds. The zero-order chi connectivity index (χ0) is 13.9. The molecule has 0 spiro atoms. The van der Waals surface area contributed by atoms with Crippen LogP contribution in [0, 0.1) is 0 Å². The van der Waals surface area contributed by atoms with Gasteiger partial charge in [0.15, 0.2) is 11.9 Å². The molecule has 104 valence electrons. The summed E-state index contributed by atoms with van der Waals surface area (Å²) in [6.45, 7) is 3.63. The van der Waals surface area contributed by atoms with E-state index in [-0.39, 0.29) is 6.42 Å². The molecule has 0 aromatic heterocycles. The fourth-order valence-electron chi connectivity index (χ4n) is 2.18. The lowest BCUT2D eigenvalue weighted by Gasteiger charge is -2.36. The van der Waals surface area contributed by atoms with Crippen molar-refractivity contribution in [1.82, 2.24) is 0 Å². The van der Waals surface area contributed by atoms with Gasteiger partial charge in [-0.15, -0.1) is 0 Å². The molecule has 3 atom stereocenters. The van der Waals surface area contributed by atoms with Crippen LogP contribution >= 0.6 is 0 Å². The van der Waals surface area contributed by atoms with Crippen molar-refractivity contribution in [2.45, 2.75) is 57.3 Å². The molecule has 1 heterocycles. The maximum Gasteiger partial charge on any atom is 0.378 e. The Morgan fingerprint density at radius 3 is 2.33 bits per heavy atom. The Bertz CT molecular complexity index is 350. The van der Waals surface area contributed by atoms with Crippen LogP contribution in [0.15, 0.2) is 11.5 Å². The second kappa shape index (κ2) is 5.58. The molecule has 0 saturated carbocycles. The molecule has 0 aromatic rings. The predicted octanol–water partition coefficient (Wildman–Crippen LogP) is 0.932. The maximum atomic E-state index is 11.1. The van der Waals surface area contributed by atoms with Gasteiger partial charge in [0, 0.05) is 0 Å². The highest BCUT2D eigenvalue weighted by molar-refractivity contribution is 5.89. The topological polar surface area (TPSA) is 107 Å². The third kappa shape index (κ3) is 2.44. The molecule has 1 aliphatic rings. The van der Waals surface area contributed by atoms with Crippen LogP contribution in [0.25, 0.3) is 0 Å². The summed E-state index contributed by atoms with van der Waals surface area (Å²) in [6.07, 6.45) is -0.953. The molecule has 0 saturated heterocycles. The number of hydrogen-bond acceptors (Lipinski definition) is 6. The van der Waals surface area contributed by atoms with E-state index < -0.39 is 35.3 Å². The Labute approximate surface area is 106 Å². The lowest BCUT2D eigenvalue weighted by molar-refractivity contribution is -0.174. The summed E-state index contributed by atoms with van der Waals surface area (Å²) in [7, 11) is 0. The number of ether oxygens (including phenoxy) is 1. The molecule has 18 heavy (non-hydrogen) atoms. The van der Waals surface area contributed by atoms with Crippen molar-refractivity contribution < 1.29 is 30.0 Å². The first-order valence-corrected chi connectivity index (χ1v) is 6.12. The normalized spacial score (nSPS) is 24.9. The fourth-order valence-corrected chi connectivity index (χ4v) is 2.18. The largest absolute Gasteiger partial charge is 0.505 e. The van der Waals surface area contributed by atoms with E-state index in [2.05, 4.69) is 0 Å². The third-order valence-corrected chi connectivity index (χ3v) is 3.15. The number of cyclic esters (lactones) is 1. The molecule has 1 rings (SSSR count). The van der Waals surface area contributed by atoms with Crippen LogP contribution in [0.4, 0.5) is 0 Å². The molecular weight excluding hydrogens is 240 g/mol. The van der Waals surface area contributed by atoms with Gasteiger partial charge in [-0.2, -0.15) is 0 Å². The first kappa shape index (κ1) is 14.8. The summed E-state index contributed by atoms with van der Waals surface area (Å²) in [6, 6.07) is 0. The van der Waals surface area contributed by atoms with Gasteiger partial charge in [0.1, 0.15) is 5.60 Å². The van der Waals surface area contributed by atoms with E-state index in [1.807, 2.05) is 6.92 Å². The number of hydrogen-bond donors (Lipinski definition) is 4. The van der Waals surface area contributed by atoms with E-state index in [0.29, 0.717) is 19.3 Å². The quantitative estimate of drug-likeness (QED) is 0.529. The number of rotatable bonds is 6. The van der Waals surface area contributed by atoms with Gasteiger partial charge in [0.25, 0.3) is 0 Å². The maximum absolute atomic E-state index is 11.1. The molecule has 0 radical (unpaired) electrons. The molecule has 6 heteroatoms. The van der Waals surface area contributed by atoms with Crippen molar-refractivity contribution in [3.8, 4) is 0 Å². The minimum absolute atomic E-state index is 0.142. The first-order chi connectivity index (χ1) is 8.38. The zero-order valence-corrected chi connectivity index (χ0v) is 10.6.